The summed E-state index contributed by atoms with van der Waals surface area (Å²) in [5.41, 5.74) is 2.03. The number of anilines is 1. The van der Waals surface area contributed by atoms with Crippen molar-refractivity contribution in [1.29, 1.82) is 0 Å². The van der Waals surface area contributed by atoms with Crippen LogP contribution >= 0.6 is 22.6 Å². The van der Waals surface area contributed by atoms with Crippen molar-refractivity contribution in [2.75, 3.05) is 38.0 Å². The van der Waals surface area contributed by atoms with Gasteiger partial charge in [-0.3, -0.25) is 0 Å². The van der Waals surface area contributed by atoms with E-state index in [-0.39, 0.29) is 6.09 Å². The maximum absolute atomic E-state index is 11.5. The molecule has 0 N–H and O–H groups in total. The summed E-state index contributed by atoms with van der Waals surface area (Å²) in [5, 5.41) is 0. The van der Waals surface area contributed by atoms with Gasteiger partial charge in [0, 0.05) is 28.2 Å². The maximum atomic E-state index is 11.5. The summed E-state index contributed by atoms with van der Waals surface area (Å²) in [5.74, 6) is 0.578. The summed E-state index contributed by atoms with van der Waals surface area (Å²) < 4.78 is 5.27. The van der Waals surface area contributed by atoms with Gasteiger partial charge in [-0.1, -0.05) is 28.7 Å². The standard InChI is InChI=1S/C12H18N2O2.CH3I/c1-9-6-7-11(10(8-9)13(2)3)16-12(15)14(4)5;1-2/h6-8H,1-5H3;1H3. The van der Waals surface area contributed by atoms with Gasteiger partial charge in [0.1, 0.15) is 0 Å². The molecule has 1 aromatic carbocycles. The zero-order valence-electron chi connectivity index (χ0n) is 11.8. The molecule has 0 saturated carbocycles. The Labute approximate surface area is 123 Å². The van der Waals surface area contributed by atoms with Gasteiger partial charge in [-0.2, -0.15) is 0 Å². The number of carbonyl (C=O) groups excluding carboxylic acids is 1. The van der Waals surface area contributed by atoms with Gasteiger partial charge in [-0.05, 0) is 29.6 Å². The van der Waals surface area contributed by atoms with E-state index in [9.17, 15) is 4.79 Å². The molecule has 0 spiro atoms. The number of carbonyl (C=O) groups is 1. The number of nitrogens with zero attached hydrogens (tertiary/aromatic N) is 2. The first-order valence-electron chi connectivity index (χ1n) is 5.46. The highest BCUT2D eigenvalue weighted by Gasteiger charge is 2.12. The van der Waals surface area contributed by atoms with Crippen LogP contribution in [0.25, 0.3) is 0 Å². The molecule has 1 amide bonds. The largest absolute Gasteiger partial charge is 0.414 e. The van der Waals surface area contributed by atoms with Gasteiger partial charge >= 0.3 is 6.09 Å². The number of amides is 1. The van der Waals surface area contributed by atoms with Gasteiger partial charge in [0.15, 0.2) is 5.75 Å². The van der Waals surface area contributed by atoms with Gasteiger partial charge in [0.2, 0.25) is 0 Å². The lowest BCUT2D eigenvalue weighted by molar-refractivity contribution is 0.172. The van der Waals surface area contributed by atoms with Crippen LogP contribution < -0.4 is 9.64 Å². The fourth-order valence-electron chi connectivity index (χ4n) is 1.25. The Morgan fingerprint density at radius 2 is 1.72 bits per heavy atom. The molecule has 102 valence electrons. The average Bonchev–Trinajstić information content (AvgIpc) is 2.33. The maximum Gasteiger partial charge on any atom is 0.414 e. The third kappa shape index (κ3) is 5.12. The molecule has 0 aliphatic carbocycles. The number of rotatable bonds is 2. The van der Waals surface area contributed by atoms with Crippen LogP contribution in [-0.4, -0.2) is 44.1 Å². The molecule has 18 heavy (non-hydrogen) atoms. The average molecular weight is 364 g/mol. The molecule has 0 heterocycles. The molecule has 1 aromatic rings. The molecule has 0 unspecified atom stereocenters. The molecule has 0 radical (unpaired) electrons. The quantitative estimate of drug-likeness (QED) is 0.597. The van der Waals surface area contributed by atoms with Crippen LogP contribution in [0.3, 0.4) is 0 Å². The van der Waals surface area contributed by atoms with Gasteiger partial charge in [0.25, 0.3) is 0 Å². The van der Waals surface area contributed by atoms with Gasteiger partial charge in [0.05, 0.1) is 5.69 Å². The number of benzene rings is 1. The highest BCUT2D eigenvalue weighted by atomic mass is 127. The van der Waals surface area contributed by atoms with Gasteiger partial charge in [-0.15, -0.1) is 0 Å². The van der Waals surface area contributed by atoms with Crippen LogP contribution in [0.1, 0.15) is 5.56 Å². The minimum absolute atomic E-state index is 0.369. The zero-order valence-corrected chi connectivity index (χ0v) is 14.0. The summed E-state index contributed by atoms with van der Waals surface area (Å²) >= 11 is 2.15. The van der Waals surface area contributed by atoms with Crippen LogP contribution in [-0.2, 0) is 0 Å². The van der Waals surface area contributed by atoms with Crippen LogP contribution in [0.4, 0.5) is 10.5 Å². The molecule has 0 aliphatic rings. The highest BCUT2D eigenvalue weighted by molar-refractivity contribution is 14.1. The first-order chi connectivity index (χ1) is 8.41. The van der Waals surface area contributed by atoms with E-state index in [0.29, 0.717) is 5.75 Å². The highest BCUT2D eigenvalue weighted by Crippen LogP contribution is 2.28. The van der Waals surface area contributed by atoms with E-state index >= 15 is 0 Å². The summed E-state index contributed by atoms with van der Waals surface area (Å²) in [6.45, 7) is 2.00. The monoisotopic (exact) mass is 364 g/mol. The molecule has 0 aliphatic heterocycles. The lowest BCUT2D eigenvalue weighted by Gasteiger charge is -2.19. The SMILES string of the molecule is CI.Cc1ccc(OC(=O)N(C)C)c(N(C)C)c1. The Hall–Kier alpha value is -0.980. The first kappa shape index (κ1) is 17.0. The van der Waals surface area contributed by atoms with Crippen LogP contribution in [0.5, 0.6) is 5.75 Å². The molecule has 5 heteroatoms. The van der Waals surface area contributed by atoms with E-state index in [0.717, 1.165) is 11.3 Å². The molecule has 0 saturated heterocycles. The first-order valence-corrected chi connectivity index (χ1v) is 7.62. The zero-order chi connectivity index (χ0) is 14.3. The van der Waals surface area contributed by atoms with Crippen molar-refractivity contribution in [3.63, 3.8) is 0 Å². The van der Waals surface area contributed by atoms with E-state index in [1.54, 1.807) is 14.1 Å². The molecule has 0 atom stereocenters. The third-order valence-corrected chi connectivity index (χ3v) is 2.16. The fraction of sp³-hybridized carbons (Fsp3) is 0.462. The molecule has 0 bridgehead atoms. The van der Waals surface area contributed by atoms with Crippen LogP contribution in [0.2, 0.25) is 0 Å². The number of alkyl halides is 1. The Morgan fingerprint density at radius 1 is 1.17 bits per heavy atom. The molecule has 0 aromatic heterocycles. The van der Waals surface area contributed by atoms with Crippen molar-refractivity contribution in [2.24, 2.45) is 0 Å². The van der Waals surface area contributed by atoms with Gasteiger partial charge in [-0.25, -0.2) is 4.79 Å². The minimum Gasteiger partial charge on any atom is -0.408 e. The predicted octanol–water partition coefficient (Wildman–Crippen LogP) is 3.17. The second-order valence-corrected chi connectivity index (χ2v) is 4.13. The smallest absolute Gasteiger partial charge is 0.408 e. The number of aryl methyl sites for hydroxylation is 1. The molecule has 4 nitrogen and oxygen atoms in total. The van der Waals surface area contributed by atoms with Crippen molar-refractivity contribution in [3.8, 4) is 5.75 Å². The number of hydrogen-bond donors (Lipinski definition) is 0. The third-order valence-electron chi connectivity index (χ3n) is 2.16. The van der Waals surface area contributed by atoms with E-state index in [4.69, 9.17) is 4.74 Å². The second-order valence-electron chi connectivity index (χ2n) is 4.13. The lowest BCUT2D eigenvalue weighted by atomic mass is 10.2. The number of halogens is 1. The summed E-state index contributed by atoms with van der Waals surface area (Å²) in [6, 6.07) is 5.72. The van der Waals surface area contributed by atoms with Crippen molar-refractivity contribution < 1.29 is 9.53 Å². The topological polar surface area (TPSA) is 32.8 Å². The van der Waals surface area contributed by atoms with Gasteiger partial charge < -0.3 is 14.5 Å². The normalized spacial score (nSPS) is 9.06. The van der Waals surface area contributed by atoms with Crippen LogP contribution in [0.15, 0.2) is 18.2 Å². The number of hydrogen-bond acceptors (Lipinski definition) is 3. The summed E-state index contributed by atoms with van der Waals surface area (Å²) in [4.78, 5) is 16.8. The second kappa shape index (κ2) is 8.18. The Morgan fingerprint density at radius 3 is 2.17 bits per heavy atom. The Bertz CT molecular complexity index is 393. The molecular formula is C13H21IN2O2. The van der Waals surface area contributed by atoms with Crippen molar-refractivity contribution in [3.05, 3.63) is 23.8 Å². The van der Waals surface area contributed by atoms with Crippen molar-refractivity contribution in [1.82, 2.24) is 4.90 Å². The molecular weight excluding hydrogens is 343 g/mol. The number of ether oxygens (including phenoxy) is 1. The van der Waals surface area contributed by atoms with E-state index in [1.165, 1.54) is 4.90 Å². The predicted molar refractivity (Wildman–Crippen MR) is 85.2 cm³/mol. The van der Waals surface area contributed by atoms with E-state index in [1.807, 2.05) is 49.0 Å². The Balaban J connectivity index is 0.00000137. The van der Waals surface area contributed by atoms with E-state index in [2.05, 4.69) is 22.6 Å². The fourth-order valence-corrected chi connectivity index (χ4v) is 1.25. The summed E-state index contributed by atoms with van der Waals surface area (Å²) in [6.07, 6.45) is -0.369. The molecule has 0 fully saturated rings. The van der Waals surface area contributed by atoms with Crippen molar-refractivity contribution >= 4 is 34.4 Å². The van der Waals surface area contributed by atoms with Crippen molar-refractivity contribution in [2.45, 2.75) is 6.92 Å². The molecule has 1 rings (SSSR count). The van der Waals surface area contributed by atoms with Crippen LogP contribution in [0, 0.1) is 6.92 Å². The lowest BCUT2D eigenvalue weighted by Crippen LogP contribution is -2.26. The minimum atomic E-state index is -0.369. The summed E-state index contributed by atoms with van der Waals surface area (Å²) in [7, 11) is 7.15. The van der Waals surface area contributed by atoms with E-state index < -0.39 is 0 Å². The Kier molecular flexibility index (Phi) is 7.73.